The molecule has 0 saturated heterocycles. The molecular formula is C25H36N4O6. The number of alkyl carbamates (subject to hydrolysis) is 1. The molecule has 0 saturated carbocycles. The number of carbonyl (C=O) groups excluding carboxylic acids is 2. The molecule has 0 aliphatic heterocycles. The number of nitrogens with one attached hydrogen (secondary N) is 2. The van der Waals surface area contributed by atoms with Crippen molar-refractivity contribution in [2.45, 2.75) is 65.6 Å². The standard InChI is InChI=1S/C25H36N4O6/c1-16-20(14-26-21(22(31)33-6)15-27-24(32)35-25(3,4)5)17(2)29-23(28-16)34-12-8-10-18-9-7-11-19(30)13-18/h7,9,11,13,21,26,30H,8,10,12,14-15H2,1-6H3,(H,27,32). The normalized spacial score (nSPS) is 12.1. The van der Waals surface area contributed by atoms with Crippen LogP contribution in [0.4, 0.5) is 4.79 Å². The van der Waals surface area contributed by atoms with Gasteiger partial charge in [-0.25, -0.2) is 14.8 Å². The fourth-order valence-electron chi connectivity index (χ4n) is 3.29. The summed E-state index contributed by atoms with van der Waals surface area (Å²) in [5.41, 5.74) is 2.65. The largest absolute Gasteiger partial charge is 0.508 e. The number of hydrogen-bond acceptors (Lipinski definition) is 9. The first-order valence-corrected chi connectivity index (χ1v) is 11.5. The van der Waals surface area contributed by atoms with Gasteiger partial charge < -0.3 is 24.6 Å². The van der Waals surface area contributed by atoms with Crippen LogP contribution in [0.5, 0.6) is 11.8 Å². The second kappa shape index (κ2) is 12.9. The molecule has 0 bridgehead atoms. The SMILES string of the molecule is COC(=O)C(CNC(=O)OC(C)(C)C)NCc1c(C)nc(OCCCc2cccc(O)c2)nc1C. The molecule has 2 rings (SSSR count). The number of aryl methyl sites for hydroxylation is 3. The zero-order valence-corrected chi connectivity index (χ0v) is 21.3. The van der Waals surface area contributed by atoms with Crippen LogP contribution in [-0.2, 0) is 27.2 Å². The Labute approximate surface area is 206 Å². The number of benzene rings is 1. The number of nitrogens with zero attached hydrogens (tertiary/aromatic N) is 2. The Bertz CT molecular complexity index is 983. The molecule has 35 heavy (non-hydrogen) atoms. The maximum absolute atomic E-state index is 12.2. The summed E-state index contributed by atoms with van der Waals surface area (Å²) in [5, 5.41) is 15.2. The second-order valence-corrected chi connectivity index (χ2v) is 9.12. The van der Waals surface area contributed by atoms with Gasteiger partial charge in [-0.05, 0) is 65.2 Å². The van der Waals surface area contributed by atoms with Crippen LogP contribution in [0, 0.1) is 13.8 Å². The van der Waals surface area contributed by atoms with Crippen molar-refractivity contribution in [2.75, 3.05) is 20.3 Å². The van der Waals surface area contributed by atoms with Crippen molar-refractivity contribution >= 4 is 12.1 Å². The molecule has 192 valence electrons. The molecule has 1 aromatic carbocycles. The summed E-state index contributed by atoms with van der Waals surface area (Å²) >= 11 is 0. The van der Waals surface area contributed by atoms with Crippen LogP contribution in [0.3, 0.4) is 0 Å². The first-order valence-electron chi connectivity index (χ1n) is 11.5. The van der Waals surface area contributed by atoms with E-state index in [-0.39, 0.29) is 18.3 Å². The molecule has 2 aromatic rings. The maximum Gasteiger partial charge on any atom is 0.407 e. The Morgan fingerprint density at radius 1 is 1.14 bits per heavy atom. The van der Waals surface area contributed by atoms with Gasteiger partial charge in [0, 0.05) is 30.0 Å². The third-order valence-corrected chi connectivity index (χ3v) is 5.01. The van der Waals surface area contributed by atoms with Crippen LogP contribution < -0.4 is 15.4 Å². The zero-order valence-electron chi connectivity index (χ0n) is 21.3. The molecule has 0 aliphatic rings. The number of rotatable bonds is 11. The minimum atomic E-state index is -0.778. The first-order chi connectivity index (χ1) is 16.5. The number of aromatic nitrogens is 2. The number of phenolic OH excluding ortho intramolecular Hbond substituents is 1. The smallest absolute Gasteiger partial charge is 0.407 e. The van der Waals surface area contributed by atoms with Crippen LogP contribution in [0.2, 0.25) is 0 Å². The topological polar surface area (TPSA) is 132 Å². The van der Waals surface area contributed by atoms with Crippen molar-refractivity contribution in [1.29, 1.82) is 0 Å². The predicted octanol–water partition coefficient (Wildman–Crippen LogP) is 2.97. The summed E-state index contributed by atoms with van der Waals surface area (Å²) in [4.78, 5) is 33.0. The van der Waals surface area contributed by atoms with E-state index in [9.17, 15) is 14.7 Å². The number of hydrogen-bond donors (Lipinski definition) is 3. The van der Waals surface area contributed by atoms with Crippen LogP contribution in [0.1, 0.15) is 49.7 Å². The lowest BCUT2D eigenvalue weighted by molar-refractivity contribution is -0.143. The Balaban J connectivity index is 1.91. The van der Waals surface area contributed by atoms with Crippen LogP contribution in [0.15, 0.2) is 24.3 Å². The van der Waals surface area contributed by atoms with E-state index < -0.39 is 23.7 Å². The molecule has 1 aromatic heterocycles. The van der Waals surface area contributed by atoms with Crippen LogP contribution in [-0.4, -0.2) is 59.0 Å². The summed E-state index contributed by atoms with van der Waals surface area (Å²) < 4.78 is 15.8. The van der Waals surface area contributed by atoms with Crippen LogP contribution in [0.25, 0.3) is 0 Å². The molecular weight excluding hydrogens is 452 g/mol. The zero-order chi connectivity index (χ0) is 26.0. The molecule has 1 amide bonds. The highest BCUT2D eigenvalue weighted by molar-refractivity contribution is 5.77. The van der Waals surface area contributed by atoms with Crippen LogP contribution >= 0.6 is 0 Å². The van der Waals surface area contributed by atoms with E-state index in [0.29, 0.717) is 13.2 Å². The fraction of sp³-hybridized carbons (Fsp3) is 0.520. The average Bonchev–Trinajstić information content (AvgIpc) is 2.76. The molecule has 3 N–H and O–H groups in total. The molecule has 0 radical (unpaired) electrons. The monoisotopic (exact) mass is 488 g/mol. The van der Waals surface area contributed by atoms with E-state index in [4.69, 9.17) is 14.2 Å². The quantitative estimate of drug-likeness (QED) is 0.322. The lowest BCUT2D eigenvalue weighted by Crippen LogP contribution is -2.47. The highest BCUT2D eigenvalue weighted by Gasteiger charge is 2.23. The number of methoxy groups -OCH3 is 1. The average molecular weight is 489 g/mol. The van der Waals surface area contributed by atoms with E-state index in [1.54, 1.807) is 32.9 Å². The Morgan fingerprint density at radius 2 is 1.83 bits per heavy atom. The Kier molecular flexibility index (Phi) is 10.3. The Hall–Kier alpha value is -3.40. The maximum atomic E-state index is 12.2. The highest BCUT2D eigenvalue weighted by Crippen LogP contribution is 2.16. The van der Waals surface area contributed by atoms with Gasteiger partial charge in [0.15, 0.2) is 0 Å². The lowest BCUT2D eigenvalue weighted by Gasteiger charge is -2.22. The minimum absolute atomic E-state index is 0.000915. The summed E-state index contributed by atoms with van der Waals surface area (Å²) in [6.45, 7) is 9.71. The third-order valence-electron chi connectivity index (χ3n) is 5.01. The predicted molar refractivity (Wildman–Crippen MR) is 130 cm³/mol. The number of esters is 1. The van der Waals surface area contributed by atoms with E-state index in [1.165, 1.54) is 7.11 Å². The van der Waals surface area contributed by atoms with Gasteiger partial charge in [0.1, 0.15) is 17.4 Å². The van der Waals surface area contributed by atoms with Crippen molar-refractivity contribution in [2.24, 2.45) is 0 Å². The van der Waals surface area contributed by atoms with Gasteiger partial charge in [0.25, 0.3) is 0 Å². The number of amides is 1. The van der Waals surface area contributed by atoms with Gasteiger partial charge in [-0.2, -0.15) is 0 Å². The molecule has 10 heteroatoms. The summed E-state index contributed by atoms with van der Waals surface area (Å²) in [5.74, 6) is -0.263. The summed E-state index contributed by atoms with van der Waals surface area (Å²) in [6, 6.07) is 6.65. The van der Waals surface area contributed by atoms with Gasteiger partial charge in [-0.1, -0.05) is 12.1 Å². The van der Waals surface area contributed by atoms with E-state index in [0.717, 1.165) is 35.4 Å². The van der Waals surface area contributed by atoms with Crippen molar-refractivity contribution in [3.63, 3.8) is 0 Å². The van der Waals surface area contributed by atoms with E-state index >= 15 is 0 Å². The van der Waals surface area contributed by atoms with Crippen molar-refractivity contribution in [3.8, 4) is 11.8 Å². The van der Waals surface area contributed by atoms with Gasteiger partial charge >= 0.3 is 18.1 Å². The van der Waals surface area contributed by atoms with Crippen molar-refractivity contribution in [1.82, 2.24) is 20.6 Å². The number of aromatic hydroxyl groups is 1. The molecule has 0 aliphatic carbocycles. The van der Waals surface area contributed by atoms with E-state index in [1.807, 2.05) is 26.0 Å². The molecule has 1 heterocycles. The van der Waals surface area contributed by atoms with Gasteiger partial charge in [-0.3, -0.25) is 10.1 Å². The summed E-state index contributed by atoms with van der Waals surface area (Å²) in [6.07, 6.45) is 0.898. The van der Waals surface area contributed by atoms with Crippen molar-refractivity contribution < 1.29 is 28.9 Å². The van der Waals surface area contributed by atoms with Crippen molar-refractivity contribution in [3.05, 3.63) is 46.8 Å². The molecule has 0 fully saturated rings. The number of carbonyl (C=O) groups is 2. The molecule has 0 spiro atoms. The second-order valence-electron chi connectivity index (χ2n) is 9.12. The Morgan fingerprint density at radius 3 is 2.43 bits per heavy atom. The third kappa shape index (κ3) is 9.78. The van der Waals surface area contributed by atoms with Gasteiger partial charge in [-0.15, -0.1) is 0 Å². The van der Waals surface area contributed by atoms with E-state index in [2.05, 4.69) is 20.6 Å². The highest BCUT2D eigenvalue weighted by atomic mass is 16.6. The molecule has 1 atom stereocenters. The first kappa shape index (κ1) is 27.8. The fourth-order valence-corrected chi connectivity index (χ4v) is 3.29. The van der Waals surface area contributed by atoms with Gasteiger partial charge in [0.05, 0.1) is 13.7 Å². The van der Waals surface area contributed by atoms with Gasteiger partial charge in [0.2, 0.25) is 0 Å². The molecule has 10 nitrogen and oxygen atoms in total. The minimum Gasteiger partial charge on any atom is -0.508 e. The number of ether oxygens (including phenoxy) is 3. The lowest BCUT2D eigenvalue weighted by atomic mass is 10.1. The number of phenols is 1. The summed E-state index contributed by atoms with van der Waals surface area (Å²) in [7, 11) is 1.29. The molecule has 1 unspecified atom stereocenters.